The number of para-hydroxylation sites is 8. The molecule has 31 rings (SSSR count). The summed E-state index contributed by atoms with van der Waals surface area (Å²) in [7, 11) is 0. The Hall–Kier alpha value is -15.2. The first kappa shape index (κ1) is 87.3. The molecule has 10 heterocycles. The molecular weight excluding hydrogens is 1760 g/mol. The first-order chi connectivity index (χ1) is 71.3. The molecule has 706 valence electrons. The van der Waals surface area contributed by atoms with Gasteiger partial charge in [-0.05, 0) is 304 Å². The third-order valence-electron chi connectivity index (χ3n) is 38.1. The van der Waals surface area contributed by atoms with Crippen LogP contribution in [0.5, 0.6) is 0 Å². The van der Waals surface area contributed by atoms with Crippen LogP contribution in [0.2, 0.25) is 0 Å². The number of hydrogen-bond acceptors (Lipinski definition) is 6. The molecule has 0 N–H and O–H groups in total. The van der Waals surface area contributed by atoms with Gasteiger partial charge >= 0.3 is 0 Å². The van der Waals surface area contributed by atoms with Crippen molar-refractivity contribution < 1.29 is 0 Å². The quantitative estimate of drug-likeness (QED) is 0.120. The van der Waals surface area contributed by atoms with Crippen LogP contribution in [0.1, 0.15) is 162 Å². The van der Waals surface area contributed by atoms with E-state index < -0.39 is 0 Å². The fraction of sp³-hybridized carbons (Fsp3) is 0.206. The average Bonchev–Trinajstić information content (AvgIpc) is 1.50. The predicted molar refractivity (Wildman–Crippen MR) is 621 cm³/mol. The second kappa shape index (κ2) is 32.1. The number of fused-ring (bicyclic) bond motifs is 30. The lowest BCUT2D eigenvalue weighted by Gasteiger charge is -2.51. The van der Waals surface area contributed by atoms with Crippen molar-refractivity contribution in [2.45, 2.75) is 178 Å². The lowest BCUT2D eigenvalue weighted by Crippen LogP contribution is -2.61. The molecule has 0 amide bonds. The maximum atomic E-state index is 2.84. The standard InChI is InChI=1S/C50H42BN3.C48H45BN2.C38H31BN2/c1-49-31-15-16-32-50(49,2)54-46-34-40(53(37-21-11-5-12-22-37)38-23-13-6-14-24-38)26-30-45(46)51-44-29-25-39(33-42(44)41-27-28-43(49)48(54)47(41)51)52(35-17-7-3-8-18-35)36-19-9-4-10-20-36;1-46(2,3)34-21-18-32(19-22-34)33-20-26-42-43(30-33)51-45-40(47(4)28-12-13-29-48(47,51)5)25-24-38-39-31-37(23-27-41(39)49(42)44(38)45)50(35-14-8-6-9-15-35)36-16-10-7-11-17-36;1-37-20-10-11-21-38(37,2)41-34-23-33-28(26-15-7-9-17-32(26)40(33)24-12-4-3-5-13-24)22-31(34)39-30-16-8-6-14-25(30)27-18-19-29(37)36(41)35(27)39/h3-14,17-30,33-34H,15-16,31-32H2,1-2H3;6-11,14-27,30-31H,12-13,28-29H2,1-5H3;3-9,12-19,22-23H,10-11,20-21H2,1-2H3. The Bertz CT molecular complexity index is 8460. The van der Waals surface area contributed by atoms with Gasteiger partial charge in [-0.2, -0.15) is 0 Å². The maximum absolute atomic E-state index is 2.84. The van der Waals surface area contributed by atoms with E-state index in [1.54, 1.807) is 16.6 Å². The van der Waals surface area contributed by atoms with Gasteiger partial charge in [0, 0.05) is 118 Å². The van der Waals surface area contributed by atoms with E-state index in [0.29, 0.717) is 0 Å². The van der Waals surface area contributed by atoms with Crippen LogP contribution < -0.4 is 78.6 Å². The molecule has 10 heteroatoms. The minimum atomic E-state index is -0.0251. The topological polar surface area (TPSA) is 24.4 Å². The van der Waals surface area contributed by atoms with Gasteiger partial charge in [0.15, 0.2) is 0 Å². The van der Waals surface area contributed by atoms with Crippen LogP contribution in [0.3, 0.4) is 0 Å². The van der Waals surface area contributed by atoms with E-state index in [1.165, 1.54) is 266 Å². The van der Waals surface area contributed by atoms with E-state index in [9.17, 15) is 0 Å². The van der Waals surface area contributed by atoms with Gasteiger partial charge in [-0.3, -0.25) is 0 Å². The zero-order chi connectivity index (χ0) is 97.8. The summed E-state index contributed by atoms with van der Waals surface area (Å²) in [5.41, 5.74) is 53.7. The highest BCUT2D eigenvalue weighted by Crippen LogP contribution is 2.67. The summed E-state index contributed by atoms with van der Waals surface area (Å²) in [6, 6.07) is 152. The Labute approximate surface area is 860 Å². The van der Waals surface area contributed by atoms with E-state index in [1.807, 2.05) is 0 Å². The predicted octanol–water partition coefficient (Wildman–Crippen LogP) is 29.2. The van der Waals surface area contributed by atoms with Crippen LogP contribution in [0.15, 0.2) is 406 Å². The summed E-state index contributed by atoms with van der Waals surface area (Å²) in [5.74, 6) is 0. The van der Waals surface area contributed by atoms with Gasteiger partial charge in [0.05, 0.1) is 27.7 Å². The molecule has 7 nitrogen and oxygen atoms in total. The second-order valence-corrected chi connectivity index (χ2v) is 46.1. The molecule has 6 atom stereocenters. The van der Waals surface area contributed by atoms with Crippen LogP contribution in [-0.4, -0.2) is 41.3 Å². The summed E-state index contributed by atoms with van der Waals surface area (Å²) < 4.78 is 2.48. The lowest BCUT2D eigenvalue weighted by atomic mass is 9.37. The summed E-state index contributed by atoms with van der Waals surface area (Å²) in [6.45, 7) is 23.0. The molecular formula is C136H118B3N7. The molecule has 9 aliphatic heterocycles. The average molecular weight is 1880 g/mol. The highest BCUT2D eigenvalue weighted by atomic mass is 15.3. The smallest absolute Gasteiger partial charge is 0.248 e. The van der Waals surface area contributed by atoms with Crippen LogP contribution >= 0.6 is 0 Å². The highest BCUT2D eigenvalue weighted by molar-refractivity contribution is 7.03. The minimum absolute atomic E-state index is 0.0223. The Morgan fingerprint density at radius 3 is 1.01 bits per heavy atom. The zero-order valence-corrected chi connectivity index (χ0v) is 85.0. The van der Waals surface area contributed by atoms with Gasteiger partial charge in [-0.15, -0.1) is 0 Å². The van der Waals surface area contributed by atoms with Crippen molar-refractivity contribution in [3.63, 3.8) is 0 Å². The third kappa shape index (κ3) is 12.2. The Kier molecular flexibility index (Phi) is 19.2. The van der Waals surface area contributed by atoms with Gasteiger partial charge in [0.25, 0.3) is 0 Å². The van der Waals surface area contributed by atoms with E-state index in [0.717, 1.165) is 22.7 Å². The number of aromatic nitrogens is 1. The summed E-state index contributed by atoms with van der Waals surface area (Å²) in [4.78, 5) is 15.7. The van der Waals surface area contributed by atoms with Gasteiger partial charge in [0.1, 0.15) is 0 Å². The molecule has 0 bridgehead atoms. The van der Waals surface area contributed by atoms with Crippen LogP contribution in [-0.2, 0) is 21.7 Å². The van der Waals surface area contributed by atoms with Gasteiger partial charge in [-0.1, -0.05) is 363 Å². The SMILES string of the molecule is CC(C)(C)c1ccc(-c2ccc3c(c2)N2c4c(ccc5c4B3c3ccc(N(c4ccccc4)c4ccccc4)cc3-5)C3(C)CCCCC23C)cc1.CC12CCCCC1(C)N1c3cc(N(c4ccccc4)c4ccccc4)ccc3B3c4ccc(N(c5ccccc5)c5ccccc5)cc4-c4ccc2c1c43.CC12CCCCC1(C)N1c3cc4c(cc3B3c5ccccc5-c5ccc2c1c53)c1ccccc1n4-c1ccccc1. The fourth-order valence-electron chi connectivity index (χ4n) is 30.5. The number of rotatable bonds is 11. The number of hydrogen-bond donors (Lipinski definition) is 0. The Morgan fingerprint density at radius 2 is 0.575 bits per heavy atom. The van der Waals surface area contributed by atoms with Crippen molar-refractivity contribution >= 4 is 176 Å². The Morgan fingerprint density at radius 1 is 0.240 bits per heavy atom. The molecule has 0 saturated heterocycles. The summed E-state index contributed by atoms with van der Waals surface area (Å²) in [5, 5.41) is 2.68. The van der Waals surface area contributed by atoms with E-state index in [4.69, 9.17) is 0 Å². The molecule has 0 spiro atoms. The molecule has 3 aliphatic carbocycles. The molecule has 18 aromatic carbocycles. The maximum Gasteiger partial charge on any atom is 0.248 e. The zero-order valence-electron chi connectivity index (χ0n) is 85.0. The molecule has 12 aliphatic rings. The molecule has 3 fully saturated rings. The van der Waals surface area contributed by atoms with Crippen molar-refractivity contribution in [3.05, 3.63) is 429 Å². The van der Waals surface area contributed by atoms with Crippen molar-refractivity contribution in [2.24, 2.45) is 0 Å². The van der Waals surface area contributed by atoms with E-state index in [2.05, 4.69) is 503 Å². The van der Waals surface area contributed by atoms with Gasteiger partial charge in [0.2, 0.25) is 20.1 Å². The number of benzene rings is 18. The van der Waals surface area contributed by atoms with Crippen LogP contribution in [0.4, 0.5) is 85.3 Å². The Balaban J connectivity index is 0.000000105. The lowest BCUT2D eigenvalue weighted by molar-refractivity contribution is 0.195. The fourth-order valence-corrected chi connectivity index (χ4v) is 30.5. The molecule has 1 aromatic heterocycles. The molecule has 19 aromatic rings. The normalized spacial score (nSPS) is 21.1. The highest BCUT2D eigenvalue weighted by Gasteiger charge is 2.66. The number of anilines is 15. The van der Waals surface area contributed by atoms with E-state index in [-0.39, 0.29) is 58.4 Å². The second-order valence-electron chi connectivity index (χ2n) is 46.1. The molecule has 146 heavy (non-hydrogen) atoms. The number of nitrogens with zero attached hydrogens (tertiary/aromatic N) is 7. The van der Waals surface area contributed by atoms with E-state index >= 15 is 0 Å². The third-order valence-corrected chi connectivity index (χ3v) is 38.1. The van der Waals surface area contributed by atoms with Crippen LogP contribution in [0.25, 0.3) is 72.0 Å². The first-order valence-electron chi connectivity index (χ1n) is 53.9. The molecule has 3 saturated carbocycles. The van der Waals surface area contributed by atoms with Crippen LogP contribution in [0, 0.1) is 0 Å². The van der Waals surface area contributed by atoms with Gasteiger partial charge in [-0.25, -0.2) is 0 Å². The molecule has 6 unspecified atom stereocenters. The van der Waals surface area contributed by atoms with Crippen molar-refractivity contribution in [1.82, 2.24) is 4.57 Å². The first-order valence-corrected chi connectivity index (χ1v) is 53.9. The molecule has 0 radical (unpaired) electrons. The monoisotopic (exact) mass is 1880 g/mol. The van der Waals surface area contributed by atoms with Gasteiger partial charge < -0.3 is 34.0 Å². The van der Waals surface area contributed by atoms with Crippen molar-refractivity contribution in [3.8, 4) is 50.2 Å². The largest absolute Gasteiger partial charge is 0.335 e. The summed E-state index contributed by atoms with van der Waals surface area (Å²) in [6.07, 6.45) is 15.1. The summed E-state index contributed by atoms with van der Waals surface area (Å²) >= 11 is 0. The minimum Gasteiger partial charge on any atom is -0.335 e. The van der Waals surface area contributed by atoms with Crippen molar-refractivity contribution in [1.29, 1.82) is 0 Å². The van der Waals surface area contributed by atoms with Crippen molar-refractivity contribution in [2.75, 3.05) is 29.4 Å².